The summed E-state index contributed by atoms with van der Waals surface area (Å²) in [5, 5.41) is 10.7. The van der Waals surface area contributed by atoms with Gasteiger partial charge in [-0.15, -0.1) is 0 Å². The lowest BCUT2D eigenvalue weighted by Gasteiger charge is -2.28. The van der Waals surface area contributed by atoms with Gasteiger partial charge in [0.05, 0.1) is 11.6 Å². The number of nitrogens with zero attached hydrogens (tertiary/aromatic N) is 2. The molecule has 0 fully saturated rings. The van der Waals surface area contributed by atoms with Crippen molar-refractivity contribution in [3.05, 3.63) is 71.0 Å². The fourth-order valence-electron chi connectivity index (χ4n) is 3.72. The van der Waals surface area contributed by atoms with Crippen LogP contribution in [0.15, 0.2) is 59.9 Å². The molecule has 2 aromatic carbocycles. The van der Waals surface area contributed by atoms with Crippen molar-refractivity contribution >= 4 is 23.1 Å². The summed E-state index contributed by atoms with van der Waals surface area (Å²) in [6, 6.07) is 14.8. The molecule has 0 spiro atoms. The number of Topliss-reactive ketones (excluding diaryl/α,β-unsaturated/α-hetero) is 1. The zero-order chi connectivity index (χ0) is 22.2. The Morgan fingerprint density at radius 3 is 2.00 bits per heavy atom. The average molecular weight is 407 g/mol. The quantitative estimate of drug-likeness (QED) is 0.733. The number of anilines is 2. The highest BCUT2D eigenvalue weighted by molar-refractivity contribution is 6.16. The molecular formula is C25H30N2O3. The molecule has 1 unspecified atom stereocenters. The third-order valence-electron chi connectivity index (χ3n) is 5.56. The second-order valence-corrected chi connectivity index (χ2v) is 8.59. The smallest absolute Gasteiger partial charge is 0.294 e. The van der Waals surface area contributed by atoms with Crippen molar-refractivity contribution < 1.29 is 14.7 Å². The van der Waals surface area contributed by atoms with Gasteiger partial charge in [0.1, 0.15) is 0 Å². The summed E-state index contributed by atoms with van der Waals surface area (Å²) in [6.45, 7) is 7.79. The van der Waals surface area contributed by atoms with Gasteiger partial charge < -0.3 is 10.0 Å². The van der Waals surface area contributed by atoms with Gasteiger partial charge in [-0.25, -0.2) is 0 Å². The Morgan fingerprint density at radius 1 is 0.967 bits per heavy atom. The Labute approximate surface area is 178 Å². The van der Waals surface area contributed by atoms with Gasteiger partial charge in [-0.2, -0.15) is 0 Å². The van der Waals surface area contributed by atoms with E-state index in [9.17, 15) is 14.7 Å². The number of carbonyl (C=O) groups excluding carboxylic acids is 2. The first kappa shape index (κ1) is 21.6. The van der Waals surface area contributed by atoms with Gasteiger partial charge in [0.25, 0.3) is 5.91 Å². The lowest BCUT2D eigenvalue weighted by atomic mass is 9.90. The van der Waals surface area contributed by atoms with Crippen LogP contribution in [-0.4, -0.2) is 30.9 Å². The molecule has 2 aromatic rings. The Hall–Kier alpha value is -3.08. The molecule has 0 radical (unpaired) electrons. The van der Waals surface area contributed by atoms with Crippen LogP contribution in [0.2, 0.25) is 0 Å². The van der Waals surface area contributed by atoms with E-state index in [1.54, 1.807) is 13.8 Å². The molecule has 1 heterocycles. The molecule has 158 valence electrons. The van der Waals surface area contributed by atoms with E-state index in [0.29, 0.717) is 11.6 Å². The van der Waals surface area contributed by atoms with Crippen molar-refractivity contribution in [3.8, 4) is 0 Å². The normalized spacial score (nSPS) is 16.7. The zero-order valence-corrected chi connectivity index (χ0v) is 18.5. The largest absolute Gasteiger partial charge is 0.503 e. The third-order valence-corrected chi connectivity index (χ3v) is 5.56. The van der Waals surface area contributed by atoms with Gasteiger partial charge in [0.15, 0.2) is 11.5 Å². The van der Waals surface area contributed by atoms with Gasteiger partial charge in [-0.05, 0) is 41.3 Å². The maximum atomic E-state index is 13.1. The maximum Gasteiger partial charge on any atom is 0.294 e. The highest BCUT2D eigenvalue weighted by Gasteiger charge is 2.44. The van der Waals surface area contributed by atoms with Crippen LogP contribution < -0.4 is 9.80 Å². The first-order valence-corrected chi connectivity index (χ1v) is 10.3. The van der Waals surface area contributed by atoms with Crippen molar-refractivity contribution in [2.75, 3.05) is 23.9 Å². The van der Waals surface area contributed by atoms with Gasteiger partial charge in [0.2, 0.25) is 0 Å². The standard InChI is InChI=1S/C25H30N2O3/c1-15(2)17-7-9-18(10-8-17)22-21(23(28)16(3)4)24(29)25(30)27(22)20-13-11-19(12-14-20)26(5)6/h7-16,22,29H,1-6H3. The second-order valence-electron chi connectivity index (χ2n) is 8.59. The molecule has 0 bridgehead atoms. The molecular weight excluding hydrogens is 376 g/mol. The summed E-state index contributed by atoms with van der Waals surface area (Å²) in [4.78, 5) is 29.5. The number of hydrogen-bond donors (Lipinski definition) is 1. The van der Waals surface area contributed by atoms with E-state index in [2.05, 4.69) is 13.8 Å². The Bertz CT molecular complexity index is 970. The minimum absolute atomic E-state index is 0.170. The number of carbonyl (C=O) groups is 2. The van der Waals surface area contributed by atoms with E-state index in [4.69, 9.17) is 0 Å². The first-order chi connectivity index (χ1) is 14.1. The van der Waals surface area contributed by atoms with E-state index in [1.165, 1.54) is 10.5 Å². The first-order valence-electron chi connectivity index (χ1n) is 10.3. The fraction of sp³-hybridized carbons (Fsp3) is 0.360. The summed E-state index contributed by atoms with van der Waals surface area (Å²) in [7, 11) is 3.89. The molecule has 3 rings (SSSR count). The summed E-state index contributed by atoms with van der Waals surface area (Å²) in [5.41, 5.74) is 3.79. The second kappa shape index (κ2) is 8.34. The topological polar surface area (TPSA) is 60.9 Å². The van der Waals surface area contributed by atoms with E-state index < -0.39 is 17.7 Å². The molecule has 0 saturated carbocycles. The lowest BCUT2D eigenvalue weighted by Crippen LogP contribution is -2.31. The molecule has 1 atom stereocenters. The minimum Gasteiger partial charge on any atom is -0.503 e. The van der Waals surface area contributed by atoms with Crippen LogP contribution in [0.1, 0.15) is 50.8 Å². The molecule has 1 aliphatic rings. The number of ketones is 1. The van der Waals surface area contributed by atoms with Crippen LogP contribution >= 0.6 is 0 Å². The van der Waals surface area contributed by atoms with E-state index in [1.807, 2.05) is 67.5 Å². The average Bonchev–Trinajstić information content (AvgIpc) is 2.98. The predicted molar refractivity (Wildman–Crippen MR) is 121 cm³/mol. The van der Waals surface area contributed by atoms with Gasteiger partial charge in [-0.3, -0.25) is 14.5 Å². The van der Waals surface area contributed by atoms with E-state index >= 15 is 0 Å². The van der Waals surface area contributed by atoms with E-state index in [-0.39, 0.29) is 17.3 Å². The summed E-state index contributed by atoms with van der Waals surface area (Å²) < 4.78 is 0. The predicted octanol–water partition coefficient (Wildman–Crippen LogP) is 5.00. The van der Waals surface area contributed by atoms with Crippen LogP contribution in [0, 0.1) is 5.92 Å². The molecule has 5 heteroatoms. The van der Waals surface area contributed by atoms with Crippen LogP contribution in [0.4, 0.5) is 11.4 Å². The van der Waals surface area contributed by atoms with Crippen LogP contribution in [0.3, 0.4) is 0 Å². The summed E-state index contributed by atoms with van der Waals surface area (Å²) >= 11 is 0. The minimum atomic E-state index is -0.654. The van der Waals surface area contributed by atoms with Gasteiger partial charge in [-0.1, -0.05) is 52.0 Å². The van der Waals surface area contributed by atoms with Crippen molar-refractivity contribution in [2.24, 2.45) is 5.92 Å². The highest BCUT2D eigenvalue weighted by atomic mass is 16.3. The number of aliphatic hydroxyl groups excluding tert-OH is 1. The Morgan fingerprint density at radius 2 is 1.53 bits per heavy atom. The molecule has 30 heavy (non-hydrogen) atoms. The number of hydrogen-bond acceptors (Lipinski definition) is 4. The summed E-state index contributed by atoms with van der Waals surface area (Å²) in [5.74, 6) is -1.17. The molecule has 0 aromatic heterocycles. The van der Waals surface area contributed by atoms with Crippen LogP contribution in [0.5, 0.6) is 0 Å². The number of benzene rings is 2. The zero-order valence-electron chi connectivity index (χ0n) is 18.5. The maximum absolute atomic E-state index is 13.1. The SMILES string of the molecule is CC(C)C(=O)C1=C(O)C(=O)N(c2ccc(N(C)C)cc2)C1c1ccc(C(C)C)cc1. The Kier molecular flexibility index (Phi) is 6.01. The fourth-order valence-corrected chi connectivity index (χ4v) is 3.72. The Balaban J connectivity index is 2.12. The highest BCUT2D eigenvalue weighted by Crippen LogP contribution is 2.42. The molecule has 0 aliphatic carbocycles. The number of aliphatic hydroxyl groups is 1. The van der Waals surface area contributed by atoms with Crippen molar-refractivity contribution in [1.29, 1.82) is 0 Å². The van der Waals surface area contributed by atoms with E-state index in [0.717, 1.165) is 11.3 Å². The van der Waals surface area contributed by atoms with Crippen LogP contribution in [0.25, 0.3) is 0 Å². The molecule has 1 N–H and O–H groups in total. The van der Waals surface area contributed by atoms with Gasteiger partial charge >= 0.3 is 0 Å². The lowest BCUT2D eigenvalue weighted by molar-refractivity contribution is -0.119. The number of rotatable bonds is 6. The molecule has 0 saturated heterocycles. The van der Waals surface area contributed by atoms with Gasteiger partial charge in [0, 0.05) is 31.4 Å². The summed E-state index contributed by atoms with van der Waals surface area (Å²) in [6.07, 6.45) is 0. The number of amides is 1. The van der Waals surface area contributed by atoms with Crippen LogP contribution in [-0.2, 0) is 9.59 Å². The van der Waals surface area contributed by atoms with Crippen molar-refractivity contribution in [3.63, 3.8) is 0 Å². The molecule has 1 amide bonds. The van der Waals surface area contributed by atoms with Crippen molar-refractivity contribution in [1.82, 2.24) is 0 Å². The third kappa shape index (κ3) is 3.84. The van der Waals surface area contributed by atoms with Crippen molar-refractivity contribution in [2.45, 2.75) is 39.7 Å². The molecule has 5 nitrogen and oxygen atoms in total. The molecule has 1 aliphatic heterocycles. The monoisotopic (exact) mass is 406 g/mol.